The molecule has 0 atom stereocenters. The van der Waals surface area contributed by atoms with Gasteiger partial charge in [0.05, 0.1) is 13.2 Å². The Labute approximate surface area is 182 Å². The van der Waals surface area contributed by atoms with Crippen LogP contribution in [0.4, 0.5) is 11.8 Å². The average Bonchev–Trinajstić information content (AvgIpc) is 3.23. The second-order valence-electron chi connectivity index (χ2n) is 7.63. The van der Waals surface area contributed by atoms with E-state index in [1.165, 1.54) is 31.2 Å². The second-order valence-corrected chi connectivity index (χ2v) is 8.43. The van der Waals surface area contributed by atoms with Crippen molar-refractivity contribution >= 4 is 40.7 Å². The molecule has 2 fully saturated rings. The maximum atomic E-state index is 6.22. The van der Waals surface area contributed by atoms with E-state index in [0.29, 0.717) is 29.4 Å². The zero-order valence-electron chi connectivity index (χ0n) is 16.4. The van der Waals surface area contributed by atoms with E-state index >= 15 is 0 Å². The van der Waals surface area contributed by atoms with Gasteiger partial charge < -0.3 is 20.3 Å². The summed E-state index contributed by atoms with van der Waals surface area (Å²) in [5.74, 6) is 1.20. The van der Waals surface area contributed by atoms with E-state index in [0.717, 1.165) is 25.5 Å². The molecular formula is C21H26ClN5OS. The third kappa shape index (κ3) is 4.97. The minimum absolute atomic E-state index is 0.126. The van der Waals surface area contributed by atoms with Gasteiger partial charge in [0.1, 0.15) is 11.0 Å². The molecule has 8 heteroatoms. The van der Waals surface area contributed by atoms with Gasteiger partial charge in [0, 0.05) is 31.1 Å². The van der Waals surface area contributed by atoms with E-state index < -0.39 is 0 Å². The fourth-order valence-corrected chi connectivity index (χ4v) is 4.56. The number of hydrogen-bond acceptors (Lipinski definition) is 5. The van der Waals surface area contributed by atoms with Crippen LogP contribution in [0.15, 0.2) is 36.4 Å². The number of nitrogens with zero attached hydrogens (tertiary/aromatic N) is 3. The molecule has 0 spiro atoms. The van der Waals surface area contributed by atoms with E-state index in [4.69, 9.17) is 28.6 Å². The summed E-state index contributed by atoms with van der Waals surface area (Å²) in [5, 5.41) is 7.41. The summed E-state index contributed by atoms with van der Waals surface area (Å²) in [6.45, 7) is 3.74. The van der Waals surface area contributed by atoms with Crippen LogP contribution in [0.1, 0.15) is 31.2 Å². The fraction of sp³-hybridized carbons (Fsp3) is 0.476. The van der Waals surface area contributed by atoms with Crippen LogP contribution in [0.2, 0.25) is 5.15 Å². The molecule has 2 aliphatic rings. The SMILES string of the molecule is S=C(NCC1(c2ccccc2)CCCC1)Nc1nc(Cl)cc(N2CCOCC2)n1. The topological polar surface area (TPSA) is 62.3 Å². The van der Waals surface area contributed by atoms with E-state index in [1.54, 1.807) is 6.07 Å². The molecule has 154 valence electrons. The van der Waals surface area contributed by atoms with Crippen molar-refractivity contribution in [2.75, 3.05) is 43.1 Å². The lowest BCUT2D eigenvalue weighted by Crippen LogP contribution is -2.41. The fourth-order valence-electron chi connectivity index (χ4n) is 4.22. The van der Waals surface area contributed by atoms with Crippen LogP contribution in [-0.4, -0.2) is 47.9 Å². The summed E-state index contributed by atoms with van der Waals surface area (Å²) >= 11 is 11.8. The van der Waals surface area contributed by atoms with Crippen LogP contribution in [0.5, 0.6) is 0 Å². The lowest BCUT2D eigenvalue weighted by molar-refractivity contribution is 0.122. The molecule has 2 aromatic rings. The second kappa shape index (κ2) is 9.24. The van der Waals surface area contributed by atoms with Gasteiger partial charge in [-0.15, -0.1) is 0 Å². The molecular weight excluding hydrogens is 406 g/mol. The van der Waals surface area contributed by atoms with Gasteiger partial charge in [-0.05, 0) is 30.6 Å². The third-order valence-electron chi connectivity index (χ3n) is 5.78. The lowest BCUT2D eigenvalue weighted by Gasteiger charge is -2.30. The van der Waals surface area contributed by atoms with Gasteiger partial charge in [-0.3, -0.25) is 0 Å². The summed E-state index contributed by atoms with van der Waals surface area (Å²) in [4.78, 5) is 11.0. The number of ether oxygens (including phenoxy) is 1. The number of thiocarbonyl (C=S) groups is 1. The van der Waals surface area contributed by atoms with Crippen molar-refractivity contribution in [1.29, 1.82) is 0 Å². The van der Waals surface area contributed by atoms with Crippen molar-refractivity contribution in [3.8, 4) is 0 Å². The first-order chi connectivity index (χ1) is 14.1. The molecule has 0 bridgehead atoms. The smallest absolute Gasteiger partial charge is 0.232 e. The van der Waals surface area contributed by atoms with Gasteiger partial charge in [-0.2, -0.15) is 4.98 Å². The number of halogens is 1. The summed E-state index contributed by atoms with van der Waals surface area (Å²) in [6, 6.07) is 12.5. The number of aromatic nitrogens is 2. The van der Waals surface area contributed by atoms with E-state index in [1.807, 2.05) is 0 Å². The molecule has 0 radical (unpaired) electrons. The molecule has 1 saturated carbocycles. The van der Waals surface area contributed by atoms with Gasteiger partial charge in [-0.25, -0.2) is 4.98 Å². The number of nitrogens with one attached hydrogen (secondary N) is 2. The van der Waals surface area contributed by atoms with Crippen molar-refractivity contribution in [2.24, 2.45) is 0 Å². The lowest BCUT2D eigenvalue weighted by atomic mass is 9.79. The summed E-state index contributed by atoms with van der Waals surface area (Å²) in [7, 11) is 0. The highest BCUT2D eigenvalue weighted by atomic mass is 35.5. The Morgan fingerprint density at radius 1 is 1.14 bits per heavy atom. The van der Waals surface area contributed by atoms with Crippen LogP contribution < -0.4 is 15.5 Å². The van der Waals surface area contributed by atoms with Gasteiger partial charge in [-0.1, -0.05) is 54.8 Å². The zero-order valence-corrected chi connectivity index (χ0v) is 17.9. The molecule has 2 N–H and O–H groups in total. The zero-order chi connectivity index (χ0) is 20.1. The first-order valence-electron chi connectivity index (χ1n) is 10.1. The molecule has 1 aliphatic carbocycles. The predicted molar refractivity (Wildman–Crippen MR) is 121 cm³/mol. The van der Waals surface area contributed by atoms with Crippen molar-refractivity contribution < 1.29 is 4.74 Å². The Balaban J connectivity index is 1.41. The third-order valence-corrected chi connectivity index (χ3v) is 6.22. The van der Waals surface area contributed by atoms with Gasteiger partial charge in [0.2, 0.25) is 5.95 Å². The molecule has 1 aliphatic heterocycles. The van der Waals surface area contributed by atoms with Gasteiger partial charge in [0.25, 0.3) is 0 Å². The van der Waals surface area contributed by atoms with Gasteiger partial charge >= 0.3 is 0 Å². The minimum Gasteiger partial charge on any atom is -0.378 e. The van der Waals surface area contributed by atoms with Crippen LogP contribution in [0.25, 0.3) is 0 Å². The van der Waals surface area contributed by atoms with Crippen molar-refractivity contribution in [3.05, 3.63) is 47.1 Å². The van der Waals surface area contributed by atoms with Crippen LogP contribution in [0.3, 0.4) is 0 Å². The highest BCUT2D eigenvalue weighted by molar-refractivity contribution is 7.80. The maximum Gasteiger partial charge on any atom is 0.232 e. The predicted octanol–water partition coefficient (Wildman–Crippen LogP) is 3.77. The highest BCUT2D eigenvalue weighted by Crippen LogP contribution is 2.40. The first kappa shape index (κ1) is 20.3. The van der Waals surface area contributed by atoms with Crippen LogP contribution in [0, 0.1) is 0 Å². The number of anilines is 2. The quantitative estimate of drug-likeness (QED) is 0.552. The summed E-state index contributed by atoms with van der Waals surface area (Å²) in [5.41, 5.74) is 1.50. The number of morpholine rings is 1. The number of rotatable bonds is 5. The molecule has 1 aromatic heterocycles. The van der Waals surface area contributed by atoms with E-state index in [9.17, 15) is 0 Å². The molecule has 0 amide bonds. The van der Waals surface area contributed by atoms with Crippen LogP contribution in [-0.2, 0) is 10.2 Å². The Bertz CT molecular complexity index is 838. The normalized spacial score (nSPS) is 18.4. The molecule has 4 rings (SSSR count). The summed E-state index contributed by atoms with van der Waals surface area (Å²) < 4.78 is 5.41. The molecule has 1 saturated heterocycles. The van der Waals surface area contributed by atoms with E-state index in [-0.39, 0.29) is 5.41 Å². The largest absolute Gasteiger partial charge is 0.378 e. The molecule has 0 unspecified atom stereocenters. The average molecular weight is 432 g/mol. The van der Waals surface area contributed by atoms with E-state index in [2.05, 4.69) is 55.8 Å². The Morgan fingerprint density at radius 2 is 1.86 bits per heavy atom. The minimum atomic E-state index is 0.126. The molecule has 6 nitrogen and oxygen atoms in total. The Kier molecular flexibility index (Phi) is 6.47. The highest BCUT2D eigenvalue weighted by Gasteiger charge is 2.35. The Morgan fingerprint density at radius 3 is 2.59 bits per heavy atom. The van der Waals surface area contributed by atoms with Crippen molar-refractivity contribution in [3.63, 3.8) is 0 Å². The van der Waals surface area contributed by atoms with Crippen molar-refractivity contribution in [1.82, 2.24) is 15.3 Å². The van der Waals surface area contributed by atoms with Crippen molar-refractivity contribution in [2.45, 2.75) is 31.1 Å². The maximum absolute atomic E-state index is 6.22. The standard InChI is InChI=1S/C21H26ClN5OS/c22-17-14-18(27-10-12-28-13-11-27)25-19(24-17)26-20(29)23-15-21(8-4-5-9-21)16-6-2-1-3-7-16/h1-3,6-7,14H,4-5,8-13,15H2,(H2,23,24,25,26,29). The van der Waals surface area contributed by atoms with Gasteiger partial charge in [0.15, 0.2) is 5.11 Å². The molecule has 29 heavy (non-hydrogen) atoms. The Hall–Kier alpha value is -1.96. The number of benzene rings is 1. The summed E-state index contributed by atoms with van der Waals surface area (Å²) in [6.07, 6.45) is 4.83. The molecule has 2 heterocycles. The first-order valence-corrected chi connectivity index (χ1v) is 10.9. The number of hydrogen-bond donors (Lipinski definition) is 2. The monoisotopic (exact) mass is 431 g/mol. The van der Waals surface area contributed by atoms with Crippen LogP contribution >= 0.6 is 23.8 Å². The molecule has 1 aromatic carbocycles.